The third-order valence-corrected chi connectivity index (χ3v) is 5.00. The highest BCUT2D eigenvalue weighted by molar-refractivity contribution is 5.80. The first-order chi connectivity index (χ1) is 13.8. The molecule has 0 saturated heterocycles. The fourth-order valence-electron chi connectivity index (χ4n) is 3.15. The molecule has 0 saturated carbocycles. The Bertz CT molecular complexity index is 787. The lowest BCUT2D eigenvalue weighted by atomic mass is 9.96. The van der Waals surface area contributed by atoms with Crippen LogP contribution in [0.5, 0.6) is 0 Å². The van der Waals surface area contributed by atoms with Crippen molar-refractivity contribution in [1.82, 2.24) is 0 Å². The predicted molar refractivity (Wildman–Crippen MR) is 115 cm³/mol. The minimum Gasteiger partial charge on any atom is -0.478 e. The van der Waals surface area contributed by atoms with Crippen molar-refractivity contribution in [1.29, 1.82) is 0 Å². The number of hydrogen-bond donors (Lipinski definition) is 2. The molecule has 0 aliphatic carbocycles. The molecule has 0 aliphatic heterocycles. The van der Waals surface area contributed by atoms with Gasteiger partial charge in [0.25, 0.3) is 0 Å². The zero-order valence-electron chi connectivity index (χ0n) is 16.9. The lowest BCUT2D eigenvalue weighted by Gasteiger charge is -2.09. The zero-order valence-corrected chi connectivity index (χ0v) is 16.9. The van der Waals surface area contributed by atoms with Gasteiger partial charge < -0.3 is 10.2 Å². The molecule has 0 amide bonds. The molecule has 4 nitrogen and oxygen atoms in total. The molecule has 2 aromatic carbocycles. The van der Waals surface area contributed by atoms with Gasteiger partial charge in [0.05, 0.1) is 0 Å². The number of carboxylic acids is 2. The van der Waals surface area contributed by atoms with Crippen LogP contribution in [0.1, 0.15) is 54.4 Å². The van der Waals surface area contributed by atoms with Gasteiger partial charge in [-0.1, -0.05) is 74.5 Å². The van der Waals surface area contributed by atoms with Gasteiger partial charge in [-0.15, -0.1) is 0 Å². The highest BCUT2D eigenvalue weighted by atomic mass is 16.4. The monoisotopic (exact) mass is 392 g/mol. The third kappa shape index (κ3) is 7.78. The maximum absolute atomic E-state index is 10.6. The van der Waals surface area contributed by atoms with E-state index < -0.39 is 11.9 Å². The molecule has 152 valence electrons. The van der Waals surface area contributed by atoms with Crippen molar-refractivity contribution in [3.63, 3.8) is 0 Å². The number of carbonyl (C=O) groups is 2. The summed E-state index contributed by atoms with van der Waals surface area (Å²) in [7, 11) is 0. The van der Waals surface area contributed by atoms with Gasteiger partial charge in [-0.2, -0.15) is 0 Å². The normalized spacial score (nSPS) is 13.6. The second-order valence-electron chi connectivity index (χ2n) is 7.31. The highest BCUT2D eigenvalue weighted by Gasteiger charge is 2.04. The van der Waals surface area contributed by atoms with Crippen molar-refractivity contribution >= 4 is 11.9 Å². The van der Waals surface area contributed by atoms with Crippen molar-refractivity contribution in [3.8, 4) is 0 Å². The Hall–Kier alpha value is -3.14. The first kappa shape index (κ1) is 22.2. The summed E-state index contributed by atoms with van der Waals surface area (Å²) in [5.41, 5.74) is 4.75. The van der Waals surface area contributed by atoms with Gasteiger partial charge in [0.1, 0.15) is 0 Å². The number of aryl methyl sites for hydroxylation is 2. The Kier molecular flexibility index (Phi) is 8.41. The molecule has 0 aliphatic rings. The van der Waals surface area contributed by atoms with Crippen molar-refractivity contribution in [3.05, 3.63) is 95.1 Å². The first-order valence-electron chi connectivity index (χ1n) is 9.85. The minimum atomic E-state index is -0.923. The molecule has 0 spiro atoms. The topological polar surface area (TPSA) is 74.6 Å². The molecule has 2 atom stereocenters. The Morgan fingerprint density at radius 3 is 1.38 bits per heavy atom. The summed E-state index contributed by atoms with van der Waals surface area (Å²) in [6.45, 7) is 3.97. The van der Waals surface area contributed by atoms with Gasteiger partial charge in [-0.05, 0) is 53.4 Å². The molecule has 0 fully saturated rings. The van der Waals surface area contributed by atoms with E-state index in [4.69, 9.17) is 10.2 Å². The Labute approximate surface area is 172 Å². The van der Waals surface area contributed by atoms with Crippen LogP contribution in [0.25, 0.3) is 0 Å². The molecule has 0 bridgehead atoms. The molecule has 2 N–H and O–H groups in total. The van der Waals surface area contributed by atoms with Crippen LogP contribution in [0.3, 0.4) is 0 Å². The standard InChI is InChI=1S/C25H28O4/c1-18(6-16-24(26)27)22-12-8-20(9-13-22)4-3-5-21-10-14-23(15-11-21)19(2)7-17-25(28)29/h6-19H,3-5H2,1-2H3,(H,26,27)(H,28,29)/b16-6+,17-7+. The number of rotatable bonds is 10. The average molecular weight is 392 g/mol. The van der Waals surface area contributed by atoms with Gasteiger partial charge in [0.15, 0.2) is 0 Å². The number of benzene rings is 2. The number of allylic oxidation sites excluding steroid dienone is 2. The van der Waals surface area contributed by atoms with Crippen LogP contribution >= 0.6 is 0 Å². The van der Waals surface area contributed by atoms with E-state index in [-0.39, 0.29) is 11.8 Å². The van der Waals surface area contributed by atoms with Crippen LogP contribution in [-0.2, 0) is 22.4 Å². The maximum atomic E-state index is 10.6. The fourth-order valence-corrected chi connectivity index (χ4v) is 3.15. The van der Waals surface area contributed by atoms with Crippen LogP contribution < -0.4 is 0 Å². The summed E-state index contributed by atoms with van der Waals surface area (Å²) in [5, 5.41) is 17.4. The van der Waals surface area contributed by atoms with Crippen LogP contribution in [0.15, 0.2) is 72.8 Å². The van der Waals surface area contributed by atoms with Gasteiger partial charge in [0, 0.05) is 12.2 Å². The highest BCUT2D eigenvalue weighted by Crippen LogP contribution is 2.20. The molecule has 2 unspecified atom stereocenters. The molecule has 29 heavy (non-hydrogen) atoms. The van der Waals surface area contributed by atoms with Crippen molar-refractivity contribution in [2.45, 2.75) is 44.9 Å². The van der Waals surface area contributed by atoms with Crippen molar-refractivity contribution in [2.24, 2.45) is 0 Å². The average Bonchev–Trinajstić information content (AvgIpc) is 2.71. The lowest BCUT2D eigenvalue weighted by molar-refractivity contribution is -0.132. The summed E-state index contributed by atoms with van der Waals surface area (Å²) in [6.07, 6.45) is 8.78. The van der Waals surface area contributed by atoms with Crippen LogP contribution in [0.4, 0.5) is 0 Å². The van der Waals surface area contributed by atoms with Crippen LogP contribution in [0.2, 0.25) is 0 Å². The van der Waals surface area contributed by atoms with Crippen LogP contribution in [0, 0.1) is 0 Å². The summed E-state index contributed by atoms with van der Waals surface area (Å²) in [5.74, 6) is -1.70. The lowest BCUT2D eigenvalue weighted by Crippen LogP contribution is -1.95. The Morgan fingerprint density at radius 2 is 1.07 bits per heavy atom. The van der Waals surface area contributed by atoms with Crippen molar-refractivity contribution < 1.29 is 19.8 Å². The number of carboxylic acid groups (broad SMARTS) is 2. The largest absolute Gasteiger partial charge is 0.478 e. The minimum absolute atomic E-state index is 0.0754. The smallest absolute Gasteiger partial charge is 0.327 e. The maximum Gasteiger partial charge on any atom is 0.327 e. The second-order valence-corrected chi connectivity index (χ2v) is 7.31. The number of aliphatic carboxylic acids is 2. The molecular weight excluding hydrogens is 364 g/mol. The zero-order chi connectivity index (χ0) is 21.2. The second kappa shape index (κ2) is 11.0. The van der Waals surface area contributed by atoms with E-state index in [1.54, 1.807) is 12.2 Å². The molecule has 4 heteroatoms. The molecule has 0 radical (unpaired) electrons. The summed E-state index contributed by atoms with van der Waals surface area (Å²) >= 11 is 0. The third-order valence-electron chi connectivity index (χ3n) is 5.00. The summed E-state index contributed by atoms with van der Waals surface area (Å²) in [6, 6.07) is 16.7. The van der Waals surface area contributed by atoms with E-state index in [0.29, 0.717) is 0 Å². The molecule has 2 rings (SSSR count). The summed E-state index contributed by atoms with van der Waals surface area (Å²) < 4.78 is 0. The van der Waals surface area contributed by atoms with Crippen LogP contribution in [-0.4, -0.2) is 22.2 Å². The first-order valence-corrected chi connectivity index (χ1v) is 9.85. The van der Waals surface area contributed by atoms with Crippen molar-refractivity contribution in [2.75, 3.05) is 0 Å². The molecule has 2 aromatic rings. The predicted octanol–water partition coefficient (Wildman–Crippen LogP) is 5.35. The van der Waals surface area contributed by atoms with E-state index in [1.807, 2.05) is 13.8 Å². The Balaban J connectivity index is 1.83. The van der Waals surface area contributed by atoms with E-state index in [1.165, 1.54) is 23.3 Å². The Morgan fingerprint density at radius 1 is 0.724 bits per heavy atom. The van der Waals surface area contributed by atoms with E-state index in [0.717, 1.165) is 30.4 Å². The molecule has 0 aromatic heterocycles. The van der Waals surface area contributed by atoms with E-state index in [9.17, 15) is 9.59 Å². The summed E-state index contributed by atoms with van der Waals surface area (Å²) in [4.78, 5) is 21.2. The quantitative estimate of drug-likeness (QED) is 0.535. The van der Waals surface area contributed by atoms with Gasteiger partial charge >= 0.3 is 11.9 Å². The van der Waals surface area contributed by atoms with E-state index >= 15 is 0 Å². The number of hydrogen-bond acceptors (Lipinski definition) is 2. The molecular formula is C25H28O4. The molecule has 0 heterocycles. The fraction of sp³-hybridized carbons (Fsp3) is 0.280. The van der Waals surface area contributed by atoms with Gasteiger partial charge in [0.2, 0.25) is 0 Å². The SMILES string of the molecule is CC(/C=C/C(=O)O)c1ccc(CCCc2ccc(C(C)/C=C/C(=O)O)cc2)cc1. The van der Waals surface area contributed by atoms with Gasteiger partial charge in [-0.25, -0.2) is 9.59 Å². The van der Waals surface area contributed by atoms with E-state index in [2.05, 4.69) is 48.5 Å². The van der Waals surface area contributed by atoms with Gasteiger partial charge in [-0.3, -0.25) is 0 Å².